The van der Waals surface area contributed by atoms with Crippen molar-refractivity contribution < 1.29 is 14.1 Å². The predicted octanol–water partition coefficient (Wildman–Crippen LogP) is 0.258. The minimum Gasteiger partial charge on any atom is -0.491 e. The van der Waals surface area contributed by atoms with Crippen LogP contribution in [0.1, 0.15) is 33.5 Å². The molecule has 28 heavy (non-hydrogen) atoms. The second-order valence-corrected chi connectivity index (χ2v) is 6.71. The molecule has 3 heterocycles. The van der Waals surface area contributed by atoms with Gasteiger partial charge >= 0.3 is 0 Å². The van der Waals surface area contributed by atoms with Gasteiger partial charge in [-0.25, -0.2) is 0 Å². The molecule has 3 aromatic rings. The topological polar surface area (TPSA) is 95.1 Å². The van der Waals surface area contributed by atoms with Crippen molar-refractivity contribution in [1.29, 1.82) is 0 Å². The summed E-state index contributed by atoms with van der Waals surface area (Å²) in [4.78, 5) is 16.6. The van der Waals surface area contributed by atoms with E-state index in [0.29, 0.717) is 23.5 Å². The van der Waals surface area contributed by atoms with Crippen molar-refractivity contribution in [3.05, 3.63) is 47.0 Å². The highest BCUT2D eigenvalue weighted by atomic mass is 16.5. The fourth-order valence-electron chi connectivity index (χ4n) is 2.94. The first-order chi connectivity index (χ1) is 13.2. The molecule has 4 rings (SSSR count). The van der Waals surface area contributed by atoms with Gasteiger partial charge in [-0.15, -0.1) is 0 Å². The van der Waals surface area contributed by atoms with E-state index in [1.807, 2.05) is 13.0 Å². The molecule has 0 saturated heterocycles. The molecule has 6 radical (unpaired) electrons. The average molecular weight is 369 g/mol. The number of benzene rings is 1. The van der Waals surface area contributed by atoms with Crippen molar-refractivity contribution in [2.45, 2.75) is 18.1 Å². The van der Waals surface area contributed by atoms with Crippen molar-refractivity contribution >= 4 is 29.4 Å². The second-order valence-electron chi connectivity index (χ2n) is 6.71. The zero-order valence-electron chi connectivity index (χ0n) is 15.3. The van der Waals surface area contributed by atoms with Crippen molar-refractivity contribution in [3.8, 4) is 17.2 Å². The van der Waals surface area contributed by atoms with Crippen molar-refractivity contribution in [1.82, 2.24) is 25.2 Å². The minimum absolute atomic E-state index is 0.0131. The predicted molar refractivity (Wildman–Crippen MR) is 102 cm³/mol. The van der Waals surface area contributed by atoms with E-state index in [9.17, 15) is 4.79 Å². The molecule has 0 bridgehead atoms. The highest BCUT2D eigenvalue weighted by molar-refractivity contribution is 6.58. The molecule has 1 N–H and O–H groups in total. The third-order valence-electron chi connectivity index (χ3n) is 4.64. The normalized spacial score (nSPS) is 15.9. The highest BCUT2D eigenvalue weighted by Crippen LogP contribution is 2.36. The first-order valence-electron chi connectivity index (χ1n) is 8.51. The van der Waals surface area contributed by atoms with Gasteiger partial charge in [-0.1, -0.05) is 16.3 Å². The number of carbonyl (C=O) groups is 1. The molecule has 0 unspecified atom stereocenters. The lowest BCUT2D eigenvalue weighted by molar-refractivity contribution is 0.0929. The van der Waals surface area contributed by atoms with Crippen LogP contribution in [0.15, 0.2) is 28.9 Å². The molecule has 1 aliphatic heterocycles. The van der Waals surface area contributed by atoms with Gasteiger partial charge in [0.25, 0.3) is 11.8 Å². The van der Waals surface area contributed by atoms with Gasteiger partial charge in [-0.2, -0.15) is 10.1 Å². The summed E-state index contributed by atoms with van der Waals surface area (Å²) in [5.74, 6) is 0.610. The van der Waals surface area contributed by atoms with E-state index in [-0.39, 0.29) is 23.7 Å². The number of nitrogens with zero attached hydrogens (tertiary/aromatic N) is 4. The summed E-state index contributed by atoms with van der Waals surface area (Å²) in [6.07, 6.45) is 1.55. The third-order valence-corrected chi connectivity index (χ3v) is 4.64. The zero-order valence-corrected chi connectivity index (χ0v) is 15.3. The van der Waals surface area contributed by atoms with Gasteiger partial charge in [0.1, 0.15) is 12.4 Å². The molecule has 0 saturated carbocycles. The van der Waals surface area contributed by atoms with Gasteiger partial charge < -0.3 is 14.6 Å². The summed E-state index contributed by atoms with van der Waals surface area (Å²) in [6.45, 7) is 2.15. The summed E-state index contributed by atoms with van der Waals surface area (Å²) < 4.78 is 12.5. The maximum atomic E-state index is 12.5. The molecule has 134 valence electrons. The lowest BCUT2D eigenvalue weighted by atomic mass is 9.42. The Bertz CT molecular complexity index is 1060. The quantitative estimate of drug-likeness (QED) is 0.664. The molecule has 1 aromatic carbocycles. The maximum absolute atomic E-state index is 12.5. The number of amides is 1. The SMILES string of the molecule is [B]C([B])([B])c1noc(-c2ccc3c(c2)OC[C@H]3NC(=O)c2cnn(C)c2C)n1. The maximum Gasteiger partial charge on any atom is 0.257 e. The number of nitrogens with one attached hydrogen (secondary N) is 1. The number of carbonyl (C=O) groups excluding carboxylic acids is 1. The summed E-state index contributed by atoms with van der Waals surface area (Å²) >= 11 is 0. The van der Waals surface area contributed by atoms with Crippen molar-refractivity contribution in [3.63, 3.8) is 0 Å². The van der Waals surface area contributed by atoms with Crippen LogP contribution < -0.4 is 10.1 Å². The molecule has 1 atom stereocenters. The number of ether oxygens (including phenoxy) is 1. The Morgan fingerprint density at radius 1 is 1.36 bits per heavy atom. The van der Waals surface area contributed by atoms with E-state index in [0.717, 1.165) is 11.3 Å². The van der Waals surface area contributed by atoms with Crippen molar-refractivity contribution in [2.24, 2.45) is 7.05 Å². The molecular weight excluding hydrogens is 355 g/mol. The van der Waals surface area contributed by atoms with E-state index >= 15 is 0 Å². The molecule has 8 nitrogen and oxygen atoms in total. The van der Waals surface area contributed by atoms with Crippen LogP contribution in [0.25, 0.3) is 11.5 Å². The molecule has 11 heteroatoms. The number of fused-ring (bicyclic) bond motifs is 1. The average Bonchev–Trinajstić information content (AvgIpc) is 3.35. The first-order valence-corrected chi connectivity index (χ1v) is 8.51. The molecule has 0 spiro atoms. The molecule has 0 aliphatic carbocycles. The minimum atomic E-state index is -1.69. The van der Waals surface area contributed by atoms with Crippen LogP contribution in [0.5, 0.6) is 5.75 Å². The van der Waals surface area contributed by atoms with Gasteiger partial charge in [0.05, 0.1) is 41.3 Å². The second kappa shape index (κ2) is 6.58. The van der Waals surface area contributed by atoms with Crippen LogP contribution >= 0.6 is 0 Å². The number of rotatable bonds is 4. The van der Waals surface area contributed by atoms with E-state index in [1.165, 1.54) is 0 Å². The summed E-state index contributed by atoms with van der Waals surface area (Å²) in [6, 6.07) is 5.09. The van der Waals surface area contributed by atoms with Gasteiger partial charge in [0, 0.05) is 23.9 Å². The van der Waals surface area contributed by atoms with Gasteiger partial charge in [-0.05, 0) is 19.1 Å². The van der Waals surface area contributed by atoms with Crippen LogP contribution in [0.2, 0.25) is 0 Å². The number of hydrogen-bond acceptors (Lipinski definition) is 6. The lowest BCUT2D eigenvalue weighted by Crippen LogP contribution is -2.29. The van der Waals surface area contributed by atoms with Crippen LogP contribution in [0.4, 0.5) is 0 Å². The number of aromatic nitrogens is 4. The molecular formula is C17H14B3N5O3. The summed E-state index contributed by atoms with van der Waals surface area (Å²) in [5, 5.41) is 9.07. The molecule has 2 aromatic heterocycles. The standard InChI is InChI=1S/C17H14B3N5O3/c1-8-11(6-21-25(8)2)14(26)22-12-7-27-13-5-9(3-4-10(12)13)15-23-16(24-28-15)17(18,19)20/h3-6,12H,7H2,1-2H3,(H,22,26)/t12-/m1/s1. The van der Waals surface area contributed by atoms with E-state index in [1.54, 1.807) is 30.1 Å². The number of aryl methyl sites for hydroxylation is 1. The van der Waals surface area contributed by atoms with Gasteiger partial charge in [-0.3, -0.25) is 9.48 Å². The Morgan fingerprint density at radius 2 is 2.14 bits per heavy atom. The van der Waals surface area contributed by atoms with Gasteiger partial charge in [0.15, 0.2) is 5.82 Å². The Labute approximate surface area is 165 Å². The van der Waals surface area contributed by atoms with Crippen LogP contribution in [-0.2, 0) is 12.2 Å². The van der Waals surface area contributed by atoms with Gasteiger partial charge in [0.2, 0.25) is 0 Å². The van der Waals surface area contributed by atoms with E-state index in [2.05, 4.69) is 20.6 Å². The summed E-state index contributed by atoms with van der Waals surface area (Å²) in [7, 11) is 18.5. The first kappa shape index (κ1) is 18.4. The lowest BCUT2D eigenvalue weighted by Gasteiger charge is -2.12. The van der Waals surface area contributed by atoms with Crippen LogP contribution in [0.3, 0.4) is 0 Å². The zero-order chi connectivity index (χ0) is 20.1. The van der Waals surface area contributed by atoms with Crippen molar-refractivity contribution in [2.75, 3.05) is 6.61 Å². The van der Waals surface area contributed by atoms with E-state index in [4.69, 9.17) is 32.8 Å². The molecule has 1 amide bonds. The fraction of sp³-hybridized carbons (Fsp3) is 0.294. The Morgan fingerprint density at radius 3 is 2.79 bits per heavy atom. The molecule has 0 fully saturated rings. The third kappa shape index (κ3) is 3.21. The smallest absolute Gasteiger partial charge is 0.257 e. The van der Waals surface area contributed by atoms with Crippen LogP contribution in [0, 0.1) is 6.92 Å². The van der Waals surface area contributed by atoms with E-state index < -0.39 is 5.11 Å². The highest BCUT2D eigenvalue weighted by Gasteiger charge is 2.28. The Kier molecular flexibility index (Phi) is 4.32. The molecule has 1 aliphatic rings. The summed E-state index contributed by atoms with van der Waals surface area (Å²) in [5.41, 5.74) is 2.79. The Hall–Kier alpha value is -2.97. The monoisotopic (exact) mass is 369 g/mol. The largest absolute Gasteiger partial charge is 0.491 e. The number of hydrogen-bond donors (Lipinski definition) is 1. The Balaban J connectivity index is 1.54. The fourth-order valence-corrected chi connectivity index (χ4v) is 2.94. The van der Waals surface area contributed by atoms with Crippen LogP contribution in [-0.4, -0.2) is 56.0 Å².